The van der Waals surface area contributed by atoms with Gasteiger partial charge in [0.05, 0.1) is 12.2 Å². The Morgan fingerprint density at radius 2 is 2.06 bits per heavy atom. The predicted molar refractivity (Wildman–Crippen MR) is 68.1 cm³/mol. The Balaban J connectivity index is 1.98. The second-order valence-electron chi connectivity index (χ2n) is 3.68. The number of nitrogens with one attached hydrogen (secondary N) is 1. The molecule has 0 bridgehead atoms. The number of aryl methyl sites for hydroxylation is 1. The van der Waals surface area contributed by atoms with Crippen LogP contribution in [0.3, 0.4) is 0 Å². The topological polar surface area (TPSA) is 46.9 Å². The summed E-state index contributed by atoms with van der Waals surface area (Å²) in [6.07, 6.45) is 1.71. The molecule has 1 heterocycles. The third kappa shape index (κ3) is 2.88. The predicted octanol–water partition coefficient (Wildman–Crippen LogP) is 1.64. The molecule has 0 saturated heterocycles. The molecule has 5 heteroatoms. The van der Waals surface area contributed by atoms with E-state index in [1.165, 1.54) is 0 Å². The second-order valence-corrected chi connectivity index (χ2v) is 4.19. The van der Waals surface area contributed by atoms with Crippen LogP contribution in [0.4, 0.5) is 0 Å². The molecule has 0 unspecified atom stereocenters. The minimum atomic E-state index is -0.0977. The summed E-state index contributed by atoms with van der Waals surface area (Å²) in [7, 11) is 1.84. The Hall–Kier alpha value is -1.75. The van der Waals surface area contributed by atoms with E-state index in [0.717, 1.165) is 10.6 Å². The van der Waals surface area contributed by atoms with Gasteiger partial charge in [0, 0.05) is 23.7 Å². The zero-order valence-corrected chi connectivity index (χ0v) is 10.3. The lowest BCUT2D eigenvalue weighted by Gasteiger charge is -2.05. The minimum Gasteiger partial charge on any atom is -0.346 e. The first-order valence-corrected chi connectivity index (χ1v) is 5.65. The van der Waals surface area contributed by atoms with Gasteiger partial charge < -0.3 is 5.32 Å². The number of carbonyl (C=O) groups excluding carboxylic acids is 1. The standard InChI is InChI=1S/C12H13N3OS/c1-15-10(6-7-14-15)8-13-12(16)9-2-4-11(17)5-3-9/h2-7,17H,8H2,1H3,(H,13,16). The van der Waals surface area contributed by atoms with E-state index in [2.05, 4.69) is 23.0 Å². The number of hydrogen-bond donors (Lipinski definition) is 2. The van der Waals surface area contributed by atoms with Gasteiger partial charge in [0.1, 0.15) is 0 Å². The Morgan fingerprint density at radius 1 is 1.35 bits per heavy atom. The number of thiol groups is 1. The molecule has 1 amide bonds. The van der Waals surface area contributed by atoms with Gasteiger partial charge in [0.2, 0.25) is 0 Å². The van der Waals surface area contributed by atoms with Gasteiger partial charge in [-0.3, -0.25) is 9.48 Å². The van der Waals surface area contributed by atoms with Crippen molar-refractivity contribution in [3.05, 3.63) is 47.8 Å². The fourth-order valence-electron chi connectivity index (χ4n) is 1.46. The van der Waals surface area contributed by atoms with Crippen molar-refractivity contribution >= 4 is 18.5 Å². The van der Waals surface area contributed by atoms with E-state index in [-0.39, 0.29) is 5.91 Å². The summed E-state index contributed by atoms with van der Waals surface area (Å²) in [5.41, 5.74) is 1.59. The van der Waals surface area contributed by atoms with Crippen LogP contribution < -0.4 is 5.32 Å². The van der Waals surface area contributed by atoms with E-state index in [9.17, 15) is 4.79 Å². The van der Waals surface area contributed by atoms with Crippen molar-refractivity contribution in [3.8, 4) is 0 Å². The molecule has 2 aromatic rings. The molecule has 88 valence electrons. The van der Waals surface area contributed by atoms with Crippen LogP contribution in [0.1, 0.15) is 16.1 Å². The Bertz CT molecular complexity index is 519. The van der Waals surface area contributed by atoms with Gasteiger partial charge >= 0.3 is 0 Å². The Kier molecular flexibility index (Phi) is 3.49. The first-order chi connectivity index (χ1) is 8.16. The molecule has 17 heavy (non-hydrogen) atoms. The molecule has 0 aliphatic rings. The fraction of sp³-hybridized carbons (Fsp3) is 0.167. The van der Waals surface area contributed by atoms with Crippen LogP contribution in [0.5, 0.6) is 0 Å². The van der Waals surface area contributed by atoms with E-state index >= 15 is 0 Å². The average molecular weight is 247 g/mol. The number of carbonyl (C=O) groups is 1. The zero-order chi connectivity index (χ0) is 12.3. The lowest BCUT2D eigenvalue weighted by atomic mass is 10.2. The first-order valence-electron chi connectivity index (χ1n) is 5.21. The van der Waals surface area contributed by atoms with Crippen molar-refractivity contribution in [1.82, 2.24) is 15.1 Å². The van der Waals surface area contributed by atoms with Gasteiger partial charge in [-0.2, -0.15) is 5.10 Å². The molecule has 1 aromatic heterocycles. The van der Waals surface area contributed by atoms with Gasteiger partial charge in [-0.1, -0.05) is 0 Å². The van der Waals surface area contributed by atoms with Crippen molar-refractivity contribution in [1.29, 1.82) is 0 Å². The highest BCUT2D eigenvalue weighted by molar-refractivity contribution is 7.80. The summed E-state index contributed by atoms with van der Waals surface area (Å²) in [6.45, 7) is 0.470. The molecule has 1 aromatic carbocycles. The number of aromatic nitrogens is 2. The minimum absolute atomic E-state index is 0.0977. The summed E-state index contributed by atoms with van der Waals surface area (Å²) in [6, 6.07) is 8.96. The van der Waals surface area contributed by atoms with Crippen molar-refractivity contribution < 1.29 is 4.79 Å². The van der Waals surface area contributed by atoms with Crippen LogP contribution in [-0.2, 0) is 13.6 Å². The molecule has 0 fully saturated rings. The molecule has 0 spiro atoms. The maximum absolute atomic E-state index is 11.8. The summed E-state index contributed by atoms with van der Waals surface area (Å²) in [5.74, 6) is -0.0977. The molecule has 4 nitrogen and oxygen atoms in total. The fourth-order valence-corrected chi connectivity index (χ4v) is 1.61. The molecular formula is C12H13N3OS. The lowest BCUT2D eigenvalue weighted by molar-refractivity contribution is 0.0950. The number of amides is 1. The van der Waals surface area contributed by atoms with Crippen LogP contribution in [0, 0.1) is 0 Å². The first kappa shape index (κ1) is 11.7. The van der Waals surface area contributed by atoms with E-state index < -0.39 is 0 Å². The van der Waals surface area contributed by atoms with E-state index in [1.54, 1.807) is 35.1 Å². The summed E-state index contributed by atoms with van der Waals surface area (Å²) < 4.78 is 1.73. The van der Waals surface area contributed by atoms with E-state index in [1.807, 2.05) is 13.1 Å². The van der Waals surface area contributed by atoms with Gasteiger partial charge in [0.15, 0.2) is 0 Å². The third-order valence-electron chi connectivity index (χ3n) is 2.48. The Morgan fingerprint density at radius 3 is 2.65 bits per heavy atom. The molecule has 0 aliphatic carbocycles. The highest BCUT2D eigenvalue weighted by Gasteiger charge is 2.05. The van der Waals surface area contributed by atoms with Gasteiger partial charge in [-0.15, -0.1) is 12.6 Å². The van der Waals surface area contributed by atoms with Crippen LogP contribution >= 0.6 is 12.6 Å². The van der Waals surface area contributed by atoms with Crippen LogP contribution in [0.2, 0.25) is 0 Å². The molecule has 0 aliphatic heterocycles. The SMILES string of the molecule is Cn1nccc1CNC(=O)c1ccc(S)cc1. The normalized spacial score (nSPS) is 10.2. The monoisotopic (exact) mass is 247 g/mol. The number of hydrogen-bond acceptors (Lipinski definition) is 3. The lowest BCUT2D eigenvalue weighted by Crippen LogP contribution is -2.23. The molecule has 0 atom stereocenters. The number of benzene rings is 1. The maximum atomic E-state index is 11.8. The number of rotatable bonds is 3. The smallest absolute Gasteiger partial charge is 0.251 e. The van der Waals surface area contributed by atoms with Gasteiger partial charge in [-0.05, 0) is 30.3 Å². The quantitative estimate of drug-likeness (QED) is 0.810. The Labute approximate surface area is 105 Å². The van der Waals surface area contributed by atoms with Crippen LogP contribution in [0.25, 0.3) is 0 Å². The highest BCUT2D eigenvalue weighted by Crippen LogP contribution is 2.07. The average Bonchev–Trinajstić information content (AvgIpc) is 2.73. The van der Waals surface area contributed by atoms with Crippen LogP contribution in [0.15, 0.2) is 41.4 Å². The summed E-state index contributed by atoms with van der Waals surface area (Å²) in [5, 5.41) is 6.87. The van der Waals surface area contributed by atoms with E-state index in [0.29, 0.717) is 12.1 Å². The largest absolute Gasteiger partial charge is 0.346 e. The van der Waals surface area contributed by atoms with E-state index in [4.69, 9.17) is 0 Å². The van der Waals surface area contributed by atoms with Gasteiger partial charge in [-0.25, -0.2) is 0 Å². The van der Waals surface area contributed by atoms with Crippen molar-refractivity contribution in [2.45, 2.75) is 11.4 Å². The van der Waals surface area contributed by atoms with Crippen molar-refractivity contribution in [2.24, 2.45) is 7.05 Å². The zero-order valence-electron chi connectivity index (χ0n) is 9.42. The summed E-state index contributed by atoms with van der Waals surface area (Å²) >= 11 is 4.17. The summed E-state index contributed by atoms with van der Waals surface area (Å²) in [4.78, 5) is 12.6. The van der Waals surface area contributed by atoms with Crippen molar-refractivity contribution in [3.63, 3.8) is 0 Å². The third-order valence-corrected chi connectivity index (χ3v) is 2.78. The second kappa shape index (κ2) is 5.05. The number of nitrogens with zero attached hydrogens (tertiary/aromatic N) is 2. The molecule has 0 radical (unpaired) electrons. The molecule has 1 N–H and O–H groups in total. The maximum Gasteiger partial charge on any atom is 0.251 e. The van der Waals surface area contributed by atoms with Crippen molar-refractivity contribution in [2.75, 3.05) is 0 Å². The highest BCUT2D eigenvalue weighted by atomic mass is 32.1. The molecule has 0 saturated carbocycles. The van der Waals surface area contributed by atoms with Crippen LogP contribution in [-0.4, -0.2) is 15.7 Å². The molecular weight excluding hydrogens is 234 g/mol. The van der Waals surface area contributed by atoms with Gasteiger partial charge in [0.25, 0.3) is 5.91 Å². The molecule has 2 rings (SSSR count).